The van der Waals surface area contributed by atoms with Gasteiger partial charge in [0.1, 0.15) is 10.7 Å². The van der Waals surface area contributed by atoms with Crippen LogP contribution in [0.5, 0.6) is 0 Å². The van der Waals surface area contributed by atoms with Crippen LogP contribution in [0, 0.1) is 0 Å². The highest BCUT2D eigenvalue weighted by Crippen LogP contribution is 2.36. The van der Waals surface area contributed by atoms with E-state index >= 15 is 0 Å². The molecule has 0 saturated heterocycles. The molecule has 24 heavy (non-hydrogen) atoms. The van der Waals surface area contributed by atoms with E-state index in [2.05, 4.69) is 39.8 Å². The Morgan fingerprint density at radius 1 is 1.25 bits per heavy atom. The number of aromatic nitrogens is 3. The number of halogens is 4. The van der Waals surface area contributed by atoms with E-state index in [1.807, 2.05) is 0 Å². The second-order valence-corrected chi connectivity index (χ2v) is 7.77. The van der Waals surface area contributed by atoms with Gasteiger partial charge in [0.05, 0.1) is 10.9 Å². The van der Waals surface area contributed by atoms with Crippen LogP contribution >= 0.6 is 24.2 Å². The van der Waals surface area contributed by atoms with E-state index in [-0.39, 0.29) is 32.8 Å². The second kappa shape index (κ2) is 6.22. The minimum Gasteiger partial charge on any atom is -0.351 e. The van der Waals surface area contributed by atoms with Gasteiger partial charge in [0.25, 0.3) is 0 Å². The van der Waals surface area contributed by atoms with Crippen LogP contribution in [0.25, 0.3) is 10.9 Å². The summed E-state index contributed by atoms with van der Waals surface area (Å²) in [6.45, 7) is 2.09. The fourth-order valence-electron chi connectivity index (χ4n) is 2.83. The lowest BCUT2D eigenvalue weighted by Gasteiger charge is -2.33. The molecule has 2 heterocycles. The third-order valence-corrected chi connectivity index (χ3v) is 5.02. The van der Waals surface area contributed by atoms with Crippen molar-refractivity contribution in [3.05, 3.63) is 23.1 Å². The standard InChI is InChI=1S/C15H16ClF3N4S/c1-14(24)4-2-8(3-5-14)22-13-21-6-9-11(23-13)10(15(17,18)19)7-20-12(9)16/h6-8,24H,2-5H2,1H3,(H,21,22,23)/t8-,14-. The zero-order chi connectivity index (χ0) is 17.5. The molecule has 0 aromatic carbocycles. The molecule has 0 unspecified atom stereocenters. The number of anilines is 1. The van der Waals surface area contributed by atoms with Crippen LogP contribution < -0.4 is 5.32 Å². The lowest BCUT2D eigenvalue weighted by atomic mass is 9.86. The summed E-state index contributed by atoms with van der Waals surface area (Å²) in [4.78, 5) is 11.7. The highest BCUT2D eigenvalue weighted by molar-refractivity contribution is 7.81. The van der Waals surface area contributed by atoms with E-state index in [0.717, 1.165) is 25.7 Å². The van der Waals surface area contributed by atoms with E-state index in [9.17, 15) is 13.2 Å². The van der Waals surface area contributed by atoms with Gasteiger partial charge < -0.3 is 5.32 Å². The van der Waals surface area contributed by atoms with Crippen molar-refractivity contribution in [2.75, 3.05) is 5.32 Å². The molecule has 1 aliphatic rings. The molecule has 0 aliphatic heterocycles. The summed E-state index contributed by atoms with van der Waals surface area (Å²) in [7, 11) is 0. The third kappa shape index (κ3) is 3.69. The van der Waals surface area contributed by atoms with Crippen LogP contribution in [0.2, 0.25) is 5.15 Å². The average molecular weight is 377 g/mol. The molecule has 0 bridgehead atoms. The van der Waals surface area contributed by atoms with Gasteiger partial charge in [0.2, 0.25) is 5.95 Å². The number of thiol groups is 1. The quantitative estimate of drug-likeness (QED) is 0.587. The summed E-state index contributed by atoms with van der Waals surface area (Å²) < 4.78 is 39.5. The summed E-state index contributed by atoms with van der Waals surface area (Å²) in [5, 5.41) is 3.16. The normalized spacial score (nSPS) is 25.0. The first-order valence-corrected chi connectivity index (χ1v) is 8.36. The van der Waals surface area contributed by atoms with Crippen LogP contribution in [0.3, 0.4) is 0 Å². The lowest BCUT2D eigenvalue weighted by molar-refractivity contribution is -0.136. The molecular formula is C15H16ClF3N4S. The van der Waals surface area contributed by atoms with Gasteiger partial charge in [-0.3, -0.25) is 0 Å². The lowest BCUT2D eigenvalue weighted by Crippen LogP contribution is -2.32. The molecule has 0 spiro atoms. The van der Waals surface area contributed by atoms with Crippen molar-refractivity contribution in [1.82, 2.24) is 15.0 Å². The maximum atomic E-state index is 13.2. The molecule has 130 valence electrons. The Labute approximate surface area is 147 Å². The minimum atomic E-state index is -4.56. The first kappa shape index (κ1) is 17.5. The van der Waals surface area contributed by atoms with Crippen molar-refractivity contribution in [2.45, 2.75) is 49.6 Å². The Balaban J connectivity index is 1.91. The van der Waals surface area contributed by atoms with E-state index in [1.54, 1.807) is 0 Å². The number of pyridine rings is 1. The van der Waals surface area contributed by atoms with Gasteiger partial charge >= 0.3 is 6.18 Å². The summed E-state index contributed by atoms with van der Waals surface area (Å²) in [5.74, 6) is 0.169. The predicted molar refractivity (Wildman–Crippen MR) is 90.6 cm³/mol. The van der Waals surface area contributed by atoms with Crippen LogP contribution in [0.1, 0.15) is 38.2 Å². The third-order valence-electron chi connectivity index (χ3n) is 4.27. The number of nitrogens with zero attached hydrogens (tertiary/aromatic N) is 3. The molecule has 9 heteroatoms. The summed E-state index contributed by atoms with van der Waals surface area (Å²) in [5.41, 5.74) is -1.16. The highest BCUT2D eigenvalue weighted by Gasteiger charge is 2.35. The number of alkyl halides is 3. The number of fused-ring (bicyclic) bond motifs is 1. The van der Waals surface area contributed by atoms with Crippen molar-refractivity contribution >= 4 is 41.1 Å². The molecule has 1 aliphatic carbocycles. The van der Waals surface area contributed by atoms with Gasteiger partial charge in [-0.25, -0.2) is 15.0 Å². The Bertz CT molecular complexity index is 756. The SMILES string of the molecule is C[C@]1(S)CC[C@H](Nc2ncc3c(Cl)ncc(C(F)(F)F)c3n2)CC1. The predicted octanol–water partition coefficient (Wildman–Crippen LogP) is 4.74. The van der Waals surface area contributed by atoms with Gasteiger partial charge in [-0.05, 0) is 25.7 Å². The molecule has 1 fully saturated rings. The number of hydrogen-bond acceptors (Lipinski definition) is 5. The molecule has 1 N–H and O–H groups in total. The summed E-state index contributed by atoms with van der Waals surface area (Å²) in [6, 6.07) is 0.120. The van der Waals surface area contributed by atoms with Crippen molar-refractivity contribution in [3.63, 3.8) is 0 Å². The first-order valence-electron chi connectivity index (χ1n) is 7.53. The van der Waals surface area contributed by atoms with Crippen molar-refractivity contribution in [2.24, 2.45) is 0 Å². The molecule has 0 amide bonds. The molecule has 3 rings (SSSR count). The van der Waals surface area contributed by atoms with Crippen LogP contribution in [-0.4, -0.2) is 25.7 Å². The smallest absolute Gasteiger partial charge is 0.351 e. The largest absolute Gasteiger partial charge is 0.419 e. The van der Waals surface area contributed by atoms with Crippen LogP contribution in [0.15, 0.2) is 12.4 Å². The maximum Gasteiger partial charge on any atom is 0.419 e. The molecule has 2 aromatic rings. The minimum absolute atomic E-state index is 0.00503. The zero-order valence-electron chi connectivity index (χ0n) is 12.9. The van der Waals surface area contributed by atoms with Gasteiger partial charge in [0.15, 0.2) is 0 Å². The van der Waals surface area contributed by atoms with Gasteiger partial charge in [-0.15, -0.1) is 0 Å². The van der Waals surface area contributed by atoms with Crippen LogP contribution in [-0.2, 0) is 6.18 Å². The fourth-order valence-corrected chi connectivity index (χ4v) is 3.28. The van der Waals surface area contributed by atoms with E-state index in [4.69, 9.17) is 11.6 Å². The molecule has 0 radical (unpaired) electrons. The van der Waals surface area contributed by atoms with E-state index < -0.39 is 11.7 Å². The van der Waals surface area contributed by atoms with Gasteiger partial charge in [0, 0.05) is 23.2 Å². The Kier molecular flexibility index (Phi) is 4.55. The molecule has 4 nitrogen and oxygen atoms in total. The van der Waals surface area contributed by atoms with Gasteiger partial charge in [-0.2, -0.15) is 25.8 Å². The van der Waals surface area contributed by atoms with Gasteiger partial charge in [-0.1, -0.05) is 18.5 Å². The summed E-state index contributed by atoms with van der Waals surface area (Å²) >= 11 is 10.5. The number of rotatable bonds is 2. The average Bonchev–Trinajstić information content (AvgIpc) is 2.48. The number of hydrogen-bond donors (Lipinski definition) is 2. The van der Waals surface area contributed by atoms with E-state index in [1.165, 1.54) is 6.20 Å². The topological polar surface area (TPSA) is 50.7 Å². The molecular weight excluding hydrogens is 361 g/mol. The van der Waals surface area contributed by atoms with Crippen molar-refractivity contribution in [1.29, 1.82) is 0 Å². The zero-order valence-corrected chi connectivity index (χ0v) is 14.5. The highest BCUT2D eigenvalue weighted by atomic mass is 35.5. The van der Waals surface area contributed by atoms with E-state index in [0.29, 0.717) is 6.20 Å². The monoisotopic (exact) mass is 376 g/mol. The van der Waals surface area contributed by atoms with Crippen LogP contribution in [0.4, 0.5) is 19.1 Å². The Morgan fingerprint density at radius 3 is 2.54 bits per heavy atom. The Morgan fingerprint density at radius 2 is 1.92 bits per heavy atom. The second-order valence-electron chi connectivity index (χ2n) is 6.33. The Hall–Kier alpha value is -1.28. The van der Waals surface area contributed by atoms with Crippen molar-refractivity contribution < 1.29 is 13.2 Å². The molecule has 1 saturated carbocycles. The van der Waals surface area contributed by atoms with Crippen molar-refractivity contribution in [3.8, 4) is 0 Å². The number of nitrogens with one attached hydrogen (secondary N) is 1. The summed E-state index contributed by atoms with van der Waals surface area (Å²) in [6.07, 6.45) is 1.00. The fraction of sp³-hybridized carbons (Fsp3) is 0.533. The molecule has 0 atom stereocenters. The maximum absolute atomic E-state index is 13.2. The molecule has 2 aromatic heterocycles. The first-order chi connectivity index (χ1) is 11.2.